The van der Waals surface area contributed by atoms with Crippen molar-refractivity contribution in [1.29, 1.82) is 0 Å². The predicted molar refractivity (Wildman–Crippen MR) is 40.3 cm³/mol. The smallest absolute Gasteiger partial charge is 0.405 e. The highest BCUT2D eigenvalue weighted by atomic mass is 35.5. The van der Waals surface area contributed by atoms with Gasteiger partial charge in [-0.25, -0.2) is 4.79 Å². The third-order valence-corrected chi connectivity index (χ3v) is 1.42. The van der Waals surface area contributed by atoms with Crippen LogP contribution in [-0.2, 0) is 0 Å². The highest BCUT2D eigenvalue weighted by Gasteiger charge is 2.04. The average Bonchev–Trinajstić information content (AvgIpc) is 1.82. The van der Waals surface area contributed by atoms with Crippen LogP contribution < -0.4 is 5.32 Å². The summed E-state index contributed by atoms with van der Waals surface area (Å²) in [5, 5.41) is 10.3. The Kier molecular flexibility index (Phi) is 5.12. The van der Waals surface area contributed by atoms with Gasteiger partial charge in [-0.15, -0.1) is 0 Å². The molecule has 2 N–H and O–H groups in total. The molecule has 0 aromatic rings. The minimum absolute atomic E-state index is 0.433. The van der Waals surface area contributed by atoms with E-state index in [1.54, 1.807) is 0 Å². The van der Waals surface area contributed by atoms with E-state index in [-0.39, 0.29) is 0 Å². The Bertz CT molecular complexity index is 108. The van der Waals surface area contributed by atoms with Crippen LogP contribution in [0.1, 0.15) is 26.2 Å². The SMILES string of the molecule is CCCCC(Cl)NC(=O)O. The molecule has 1 amide bonds. The molecule has 0 fully saturated rings. The van der Waals surface area contributed by atoms with Gasteiger partial charge in [0.05, 0.1) is 0 Å². The van der Waals surface area contributed by atoms with Crippen LogP contribution in [0.5, 0.6) is 0 Å². The van der Waals surface area contributed by atoms with Crippen molar-refractivity contribution in [3.8, 4) is 0 Å². The Morgan fingerprint density at radius 2 is 2.40 bits per heavy atom. The van der Waals surface area contributed by atoms with Crippen molar-refractivity contribution in [1.82, 2.24) is 5.32 Å². The highest BCUT2D eigenvalue weighted by Crippen LogP contribution is 2.03. The summed E-state index contributed by atoms with van der Waals surface area (Å²) in [5.41, 5.74) is -0.433. The van der Waals surface area contributed by atoms with Crippen molar-refractivity contribution in [2.75, 3.05) is 0 Å². The second kappa shape index (κ2) is 5.35. The number of carbonyl (C=O) groups is 1. The van der Waals surface area contributed by atoms with E-state index in [0.29, 0.717) is 6.42 Å². The fourth-order valence-corrected chi connectivity index (χ4v) is 0.837. The van der Waals surface area contributed by atoms with Crippen LogP contribution in [0.25, 0.3) is 0 Å². The van der Waals surface area contributed by atoms with Gasteiger partial charge in [0, 0.05) is 0 Å². The average molecular weight is 166 g/mol. The molecule has 0 bridgehead atoms. The topological polar surface area (TPSA) is 49.3 Å². The lowest BCUT2D eigenvalue weighted by atomic mass is 10.2. The molecule has 0 saturated carbocycles. The molecule has 0 aromatic heterocycles. The zero-order valence-electron chi connectivity index (χ0n) is 5.93. The summed E-state index contributed by atoms with van der Waals surface area (Å²) >= 11 is 5.56. The van der Waals surface area contributed by atoms with Crippen molar-refractivity contribution < 1.29 is 9.90 Å². The summed E-state index contributed by atoms with van der Waals surface area (Å²) in [4.78, 5) is 9.98. The number of nitrogens with one attached hydrogen (secondary N) is 1. The van der Waals surface area contributed by atoms with E-state index in [0.717, 1.165) is 12.8 Å². The molecule has 10 heavy (non-hydrogen) atoms. The first-order valence-corrected chi connectivity index (χ1v) is 3.74. The molecule has 3 nitrogen and oxygen atoms in total. The molecule has 0 radical (unpaired) electrons. The zero-order chi connectivity index (χ0) is 7.98. The molecule has 0 rings (SSSR count). The van der Waals surface area contributed by atoms with Gasteiger partial charge in [0.2, 0.25) is 0 Å². The Morgan fingerprint density at radius 1 is 1.80 bits per heavy atom. The summed E-state index contributed by atoms with van der Waals surface area (Å²) in [6.07, 6.45) is 1.62. The fourth-order valence-electron chi connectivity index (χ4n) is 0.589. The van der Waals surface area contributed by atoms with Crippen LogP contribution in [-0.4, -0.2) is 16.7 Å². The van der Waals surface area contributed by atoms with Gasteiger partial charge < -0.3 is 10.4 Å². The van der Waals surface area contributed by atoms with E-state index in [4.69, 9.17) is 16.7 Å². The molecular weight excluding hydrogens is 154 g/mol. The summed E-state index contributed by atoms with van der Waals surface area (Å²) in [7, 11) is 0. The molecule has 0 aromatic carbocycles. The molecule has 4 heteroatoms. The minimum atomic E-state index is -1.06. The van der Waals surface area contributed by atoms with Crippen LogP contribution >= 0.6 is 11.6 Å². The maximum atomic E-state index is 9.98. The van der Waals surface area contributed by atoms with Gasteiger partial charge in [-0.05, 0) is 6.42 Å². The normalized spacial score (nSPS) is 12.6. The first-order chi connectivity index (χ1) is 4.66. The van der Waals surface area contributed by atoms with Crippen molar-refractivity contribution >= 4 is 17.7 Å². The number of carboxylic acid groups (broad SMARTS) is 1. The van der Waals surface area contributed by atoms with Crippen LogP contribution in [0.15, 0.2) is 0 Å². The summed E-state index contributed by atoms with van der Waals surface area (Å²) in [6, 6.07) is 0. The molecule has 0 aliphatic rings. The Labute approximate surface area is 65.4 Å². The number of alkyl halides is 1. The lowest BCUT2D eigenvalue weighted by Crippen LogP contribution is -2.28. The summed E-state index contributed by atoms with van der Waals surface area (Å²) in [5.74, 6) is 0. The maximum absolute atomic E-state index is 9.98. The van der Waals surface area contributed by atoms with Crippen LogP contribution in [0.3, 0.4) is 0 Å². The number of unbranched alkanes of at least 4 members (excludes halogenated alkanes) is 1. The molecule has 1 unspecified atom stereocenters. The Morgan fingerprint density at radius 3 is 2.80 bits per heavy atom. The van der Waals surface area contributed by atoms with Gasteiger partial charge in [-0.2, -0.15) is 0 Å². The molecule has 1 atom stereocenters. The Balaban J connectivity index is 3.25. The highest BCUT2D eigenvalue weighted by molar-refractivity contribution is 6.21. The van der Waals surface area contributed by atoms with Crippen LogP contribution in [0.4, 0.5) is 4.79 Å². The Hall–Kier alpha value is -0.440. The third kappa shape index (κ3) is 5.69. The monoisotopic (exact) mass is 165 g/mol. The standard InChI is InChI=1S/C6H12ClNO2/c1-2-3-4-5(7)8-6(9)10/h5,8H,2-4H2,1H3,(H,9,10). The number of hydrogen-bond donors (Lipinski definition) is 2. The zero-order valence-corrected chi connectivity index (χ0v) is 6.69. The van der Waals surface area contributed by atoms with Gasteiger partial charge in [-0.3, -0.25) is 0 Å². The van der Waals surface area contributed by atoms with Crippen LogP contribution in [0.2, 0.25) is 0 Å². The number of amides is 1. The van der Waals surface area contributed by atoms with Gasteiger partial charge in [0.25, 0.3) is 0 Å². The predicted octanol–water partition coefficient (Wildman–Crippen LogP) is 2.01. The van der Waals surface area contributed by atoms with E-state index in [1.807, 2.05) is 6.92 Å². The lowest BCUT2D eigenvalue weighted by molar-refractivity contribution is 0.193. The molecular formula is C6H12ClNO2. The first-order valence-electron chi connectivity index (χ1n) is 3.30. The first kappa shape index (κ1) is 9.56. The van der Waals surface area contributed by atoms with E-state index in [1.165, 1.54) is 0 Å². The van der Waals surface area contributed by atoms with Gasteiger partial charge in [0.1, 0.15) is 5.50 Å². The molecule has 0 saturated heterocycles. The van der Waals surface area contributed by atoms with Crippen molar-refractivity contribution in [3.63, 3.8) is 0 Å². The molecule has 0 spiro atoms. The molecule has 0 aliphatic heterocycles. The number of rotatable bonds is 4. The second-order valence-corrected chi connectivity index (χ2v) is 2.59. The van der Waals surface area contributed by atoms with Gasteiger partial charge in [-0.1, -0.05) is 31.4 Å². The van der Waals surface area contributed by atoms with E-state index in [2.05, 4.69) is 5.32 Å². The van der Waals surface area contributed by atoms with Gasteiger partial charge in [0.15, 0.2) is 0 Å². The van der Waals surface area contributed by atoms with Crippen molar-refractivity contribution in [2.45, 2.75) is 31.7 Å². The maximum Gasteiger partial charge on any atom is 0.405 e. The molecule has 60 valence electrons. The fraction of sp³-hybridized carbons (Fsp3) is 0.833. The second-order valence-electron chi connectivity index (χ2n) is 2.06. The largest absolute Gasteiger partial charge is 0.465 e. The summed E-state index contributed by atoms with van der Waals surface area (Å²) in [6.45, 7) is 2.03. The van der Waals surface area contributed by atoms with E-state index < -0.39 is 11.6 Å². The van der Waals surface area contributed by atoms with Gasteiger partial charge >= 0.3 is 6.09 Å². The summed E-state index contributed by atoms with van der Waals surface area (Å²) < 4.78 is 0. The molecule has 0 heterocycles. The number of halogens is 1. The van der Waals surface area contributed by atoms with E-state index in [9.17, 15) is 4.79 Å². The number of hydrogen-bond acceptors (Lipinski definition) is 1. The van der Waals surface area contributed by atoms with Crippen LogP contribution in [0, 0.1) is 0 Å². The van der Waals surface area contributed by atoms with E-state index >= 15 is 0 Å². The molecule has 0 aliphatic carbocycles. The minimum Gasteiger partial charge on any atom is -0.465 e. The van der Waals surface area contributed by atoms with Crippen molar-refractivity contribution in [3.05, 3.63) is 0 Å². The van der Waals surface area contributed by atoms with Crippen molar-refractivity contribution in [2.24, 2.45) is 0 Å². The lowest BCUT2D eigenvalue weighted by Gasteiger charge is -2.06. The quantitative estimate of drug-likeness (QED) is 0.495. The third-order valence-electron chi connectivity index (χ3n) is 1.09.